The zero-order valence-corrected chi connectivity index (χ0v) is 18.6. The highest BCUT2D eigenvalue weighted by Gasteiger charge is 2.32. The summed E-state index contributed by atoms with van der Waals surface area (Å²) in [4.78, 5) is 28.4. The summed E-state index contributed by atoms with van der Waals surface area (Å²) in [5, 5.41) is 0. The maximum atomic E-state index is 13.6. The molecule has 4 rings (SSSR count). The van der Waals surface area contributed by atoms with Gasteiger partial charge in [-0.15, -0.1) is 0 Å². The van der Waals surface area contributed by atoms with Gasteiger partial charge in [-0.25, -0.2) is 15.0 Å². The molecule has 2 atom stereocenters. The second-order valence-corrected chi connectivity index (χ2v) is 8.24. The van der Waals surface area contributed by atoms with Crippen molar-refractivity contribution in [2.45, 2.75) is 51.9 Å². The minimum atomic E-state index is -0.142. The van der Waals surface area contributed by atoms with Crippen LogP contribution < -0.4 is 9.47 Å². The lowest BCUT2D eigenvalue weighted by Crippen LogP contribution is -2.49. The Morgan fingerprint density at radius 1 is 1.03 bits per heavy atom. The Morgan fingerprint density at radius 2 is 1.81 bits per heavy atom. The van der Waals surface area contributed by atoms with E-state index in [2.05, 4.69) is 21.9 Å². The number of hydrogen-bond donors (Lipinski definition) is 0. The molecular weight excluding hydrogens is 404 g/mol. The average Bonchev–Trinajstić information content (AvgIpc) is 2.80. The highest BCUT2D eigenvalue weighted by atomic mass is 16.5. The van der Waals surface area contributed by atoms with Crippen molar-refractivity contribution in [3.8, 4) is 23.0 Å². The SMILES string of the molecule is CC(C)Oc1ccnc(OC2CCC(C)N(C(=O)c3ccccc3-c3ncccn3)C2)c1. The topological polar surface area (TPSA) is 77.4 Å². The molecule has 32 heavy (non-hydrogen) atoms. The van der Waals surface area contributed by atoms with Gasteiger partial charge in [-0.2, -0.15) is 0 Å². The first-order valence-electron chi connectivity index (χ1n) is 11.0. The van der Waals surface area contributed by atoms with Gasteiger partial charge in [0, 0.05) is 36.3 Å². The molecule has 1 amide bonds. The molecule has 0 spiro atoms. The lowest BCUT2D eigenvalue weighted by atomic mass is 9.98. The molecule has 0 saturated carbocycles. The molecule has 1 aliphatic heterocycles. The van der Waals surface area contributed by atoms with Crippen molar-refractivity contribution in [2.75, 3.05) is 6.54 Å². The number of rotatable bonds is 6. The highest BCUT2D eigenvalue weighted by Crippen LogP contribution is 2.27. The van der Waals surface area contributed by atoms with E-state index < -0.39 is 0 Å². The minimum Gasteiger partial charge on any atom is -0.491 e. The Morgan fingerprint density at radius 3 is 2.59 bits per heavy atom. The molecule has 0 radical (unpaired) electrons. The van der Waals surface area contributed by atoms with Crippen molar-refractivity contribution in [1.82, 2.24) is 19.9 Å². The van der Waals surface area contributed by atoms with Crippen molar-refractivity contribution in [1.29, 1.82) is 0 Å². The molecule has 0 bridgehead atoms. The normalized spacial score (nSPS) is 18.4. The van der Waals surface area contributed by atoms with Crippen LogP contribution in [0.3, 0.4) is 0 Å². The number of pyridine rings is 1. The van der Waals surface area contributed by atoms with E-state index in [-0.39, 0.29) is 24.2 Å². The van der Waals surface area contributed by atoms with Gasteiger partial charge in [0.1, 0.15) is 11.9 Å². The number of carbonyl (C=O) groups excluding carboxylic acids is 1. The van der Waals surface area contributed by atoms with Crippen LogP contribution in [0.5, 0.6) is 11.6 Å². The lowest BCUT2D eigenvalue weighted by Gasteiger charge is -2.38. The number of piperidine rings is 1. The Kier molecular flexibility index (Phi) is 6.63. The van der Waals surface area contributed by atoms with Crippen LogP contribution in [0, 0.1) is 0 Å². The van der Waals surface area contributed by atoms with E-state index in [4.69, 9.17) is 9.47 Å². The summed E-state index contributed by atoms with van der Waals surface area (Å²) in [5.41, 5.74) is 1.32. The predicted molar refractivity (Wildman–Crippen MR) is 122 cm³/mol. The van der Waals surface area contributed by atoms with Crippen LogP contribution >= 0.6 is 0 Å². The quantitative estimate of drug-likeness (QED) is 0.575. The van der Waals surface area contributed by atoms with Crippen LogP contribution in [0.15, 0.2) is 61.1 Å². The molecular formula is C25H28N4O3. The first-order valence-corrected chi connectivity index (χ1v) is 11.0. The van der Waals surface area contributed by atoms with E-state index >= 15 is 0 Å². The molecule has 2 aromatic heterocycles. The summed E-state index contributed by atoms with van der Waals surface area (Å²) < 4.78 is 11.9. The van der Waals surface area contributed by atoms with E-state index in [1.807, 2.05) is 49.1 Å². The minimum absolute atomic E-state index is 0.0429. The highest BCUT2D eigenvalue weighted by molar-refractivity contribution is 6.00. The molecule has 1 aliphatic rings. The zero-order chi connectivity index (χ0) is 22.5. The largest absolute Gasteiger partial charge is 0.491 e. The van der Waals surface area contributed by atoms with Crippen molar-refractivity contribution in [2.24, 2.45) is 0 Å². The molecule has 1 aromatic carbocycles. The third-order valence-corrected chi connectivity index (χ3v) is 5.43. The monoisotopic (exact) mass is 432 g/mol. The number of benzene rings is 1. The number of likely N-dealkylation sites (tertiary alicyclic amines) is 1. The van der Waals surface area contributed by atoms with E-state index in [0.29, 0.717) is 23.8 Å². The van der Waals surface area contributed by atoms with Gasteiger partial charge in [-0.3, -0.25) is 4.79 Å². The van der Waals surface area contributed by atoms with Gasteiger partial charge in [-0.1, -0.05) is 18.2 Å². The average molecular weight is 433 g/mol. The molecule has 1 fully saturated rings. The molecule has 0 N–H and O–H groups in total. The molecule has 2 unspecified atom stereocenters. The lowest BCUT2D eigenvalue weighted by molar-refractivity contribution is 0.0372. The Hall–Kier alpha value is -3.48. The molecule has 1 saturated heterocycles. The van der Waals surface area contributed by atoms with Crippen LogP contribution in [-0.4, -0.2) is 50.6 Å². The van der Waals surface area contributed by atoms with Gasteiger partial charge in [-0.05, 0) is 51.8 Å². The number of ether oxygens (including phenoxy) is 2. The molecule has 7 heteroatoms. The molecule has 3 aromatic rings. The van der Waals surface area contributed by atoms with Crippen molar-refractivity contribution >= 4 is 5.91 Å². The van der Waals surface area contributed by atoms with E-state index in [9.17, 15) is 4.79 Å². The summed E-state index contributed by atoms with van der Waals surface area (Å²) in [5.74, 6) is 1.73. The summed E-state index contributed by atoms with van der Waals surface area (Å²) in [6, 6.07) is 13.0. The molecule has 7 nitrogen and oxygen atoms in total. The van der Waals surface area contributed by atoms with Crippen LogP contribution in [0.25, 0.3) is 11.4 Å². The fourth-order valence-corrected chi connectivity index (χ4v) is 3.88. The van der Waals surface area contributed by atoms with Crippen molar-refractivity contribution < 1.29 is 14.3 Å². The van der Waals surface area contributed by atoms with E-state index in [1.54, 1.807) is 30.7 Å². The number of carbonyl (C=O) groups is 1. The third-order valence-electron chi connectivity index (χ3n) is 5.43. The maximum absolute atomic E-state index is 13.6. The summed E-state index contributed by atoms with van der Waals surface area (Å²) >= 11 is 0. The maximum Gasteiger partial charge on any atom is 0.254 e. The Labute approximate surface area is 188 Å². The van der Waals surface area contributed by atoms with Gasteiger partial charge in [0.25, 0.3) is 5.91 Å². The number of amides is 1. The fourth-order valence-electron chi connectivity index (χ4n) is 3.88. The van der Waals surface area contributed by atoms with Crippen LogP contribution in [0.2, 0.25) is 0 Å². The summed E-state index contributed by atoms with van der Waals surface area (Å²) in [6.45, 7) is 6.52. The van der Waals surface area contributed by atoms with Crippen LogP contribution in [-0.2, 0) is 0 Å². The second kappa shape index (κ2) is 9.77. The number of aromatic nitrogens is 3. The van der Waals surface area contributed by atoms with Crippen LogP contribution in [0.1, 0.15) is 44.0 Å². The van der Waals surface area contributed by atoms with Gasteiger partial charge in [0.15, 0.2) is 5.82 Å². The van der Waals surface area contributed by atoms with Gasteiger partial charge < -0.3 is 14.4 Å². The molecule has 0 aliphatic carbocycles. The van der Waals surface area contributed by atoms with Gasteiger partial charge >= 0.3 is 0 Å². The summed E-state index contributed by atoms with van der Waals surface area (Å²) in [6.07, 6.45) is 6.67. The first-order chi connectivity index (χ1) is 15.5. The standard InChI is InChI=1S/C25H28N4O3/c1-17(2)31-19-11-14-26-23(15-19)32-20-10-9-18(3)29(16-20)25(30)22-8-5-4-7-21(22)24-27-12-6-13-28-24/h4-8,11-15,17-18,20H,9-10,16H2,1-3H3. The zero-order valence-electron chi connectivity index (χ0n) is 18.6. The summed E-state index contributed by atoms with van der Waals surface area (Å²) in [7, 11) is 0. The molecule has 166 valence electrons. The van der Waals surface area contributed by atoms with Gasteiger partial charge in [0.2, 0.25) is 5.88 Å². The van der Waals surface area contributed by atoms with Crippen molar-refractivity contribution in [3.05, 3.63) is 66.6 Å². The number of hydrogen-bond acceptors (Lipinski definition) is 6. The van der Waals surface area contributed by atoms with Gasteiger partial charge in [0.05, 0.1) is 18.2 Å². The van der Waals surface area contributed by atoms with Crippen molar-refractivity contribution in [3.63, 3.8) is 0 Å². The van der Waals surface area contributed by atoms with E-state index in [0.717, 1.165) is 24.2 Å². The van der Waals surface area contributed by atoms with Crippen LogP contribution in [0.4, 0.5) is 0 Å². The number of nitrogens with zero attached hydrogens (tertiary/aromatic N) is 4. The Bertz CT molecular complexity index is 1060. The smallest absolute Gasteiger partial charge is 0.254 e. The fraction of sp³-hybridized carbons (Fsp3) is 0.360. The Balaban J connectivity index is 1.52. The molecule has 3 heterocycles. The first kappa shape index (κ1) is 21.7. The van der Waals surface area contributed by atoms with E-state index in [1.165, 1.54) is 0 Å². The predicted octanol–water partition coefficient (Wildman–Crippen LogP) is 4.40. The third kappa shape index (κ3) is 5.04. The second-order valence-electron chi connectivity index (χ2n) is 8.24.